The fourth-order valence-corrected chi connectivity index (χ4v) is 9.31. The van der Waals surface area contributed by atoms with Gasteiger partial charge >= 0.3 is 5.97 Å². The lowest BCUT2D eigenvalue weighted by molar-refractivity contribution is -0.139. The summed E-state index contributed by atoms with van der Waals surface area (Å²) in [6.45, 7) is 13.7. The van der Waals surface area contributed by atoms with Crippen LogP contribution in [0.5, 0.6) is 0 Å². The SMILES string of the molecule is C/C(=C\CC[C@H](CO)[C@@H]1CC[C@@]2(C)C3=C(CC[C@]12C)[C@@]1(C)CCC(=O)C(C)(C)[C@@H]1CC3)C(=O)O. The van der Waals surface area contributed by atoms with E-state index in [-0.39, 0.29) is 34.2 Å². The second-order valence-electron chi connectivity index (χ2n) is 13.2. The number of allylic oxidation sites excluding steroid dienone is 3. The number of fused-ring (bicyclic) bond motifs is 4. The molecule has 6 atom stereocenters. The average molecular weight is 471 g/mol. The highest BCUT2D eigenvalue weighted by Gasteiger charge is 2.63. The lowest BCUT2D eigenvalue weighted by atomic mass is 9.43. The topological polar surface area (TPSA) is 74.6 Å². The number of aliphatic hydroxyl groups is 1. The Morgan fingerprint density at radius 1 is 1.03 bits per heavy atom. The quantitative estimate of drug-likeness (QED) is 0.334. The van der Waals surface area contributed by atoms with Crippen LogP contribution in [-0.2, 0) is 9.59 Å². The number of aliphatic carboxylic acids is 1. The van der Waals surface area contributed by atoms with Crippen molar-refractivity contribution in [3.63, 3.8) is 0 Å². The molecule has 0 spiro atoms. The molecule has 0 amide bonds. The highest BCUT2D eigenvalue weighted by Crippen LogP contribution is 2.72. The Morgan fingerprint density at radius 2 is 1.74 bits per heavy atom. The summed E-state index contributed by atoms with van der Waals surface area (Å²) in [7, 11) is 0. The van der Waals surface area contributed by atoms with E-state index in [1.54, 1.807) is 18.1 Å². The summed E-state index contributed by atoms with van der Waals surface area (Å²) in [6, 6.07) is 0. The molecule has 4 rings (SSSR count). The van der Waals surface area contributed by atoms with Crippen LogP contribution in [0.3, 0.4) is 0 Å². The molecule has 4 aliphatic carbocycles. The van der Waals surface area contributed by atoms with Crippen molar-refractivity contribution in [2.75, 3.05) is 6.61 Å². The van der Waals surface area contributed by atoms with E-state index >= 15 is 0 Å². The van der Waals surface area contributed by atoms with Crippen molar-refractivity contribution in [1.82, 2.24) is 0 Å². The Bertz CT molecular complexity index is 926. The molecule has 0 aromatic heterocycles. The van der Waals surface area contributed by atoms with Crippen LogP contribution in [0.15, 0.2) is 22.8 Å². The maximum atomic E-state index is 12.8. The molecule has 0 heterocycles. The standard InChI is InChI=1S/C30H46O4/c1-19(26(33)34)8-7-9-20(18-31)21-12-16-30(6)23-10-11-24-27(2,3)25(32)14-15-28(24,4)22(23)13-17-29(21,30)5/h8,20-21,24,31H,7,9-18H2,1-6H3,(H,33,34)/b19-8+/t20-,21+,24+,28-,29-,30+/m1/s1. The maximum Gasteiger partial charge on any atom is 0.330 e. The second kappa shape index (κ2) is 8.61. The molecule has 0 saturated heterocycles. The summed E-state index contributed by atoms with van der Waals surface area (Å²) in [5, 5.41) is 19.5. The highest BCUT2D eigenvalue weighted by molar-refractivity contribution is 5.86. The third-order valence-electron chi connectivity index (χ3n) is 11.7. The first-order valence-corrected chi connectivity index (χ1v) is 13.6. The van der Waals surface area contributed by atoms with E-state index in [0.717, 1.165) is 44.9 Å². The van der Waals surface area contributed by atoms with Crippen LogP contribution < -0.4 is 0 Å². The zero-order valence-electron chi connectivity index (χ0n) is 22.3. The van der Waals surface area contributed by atoms with E-state index in [2.05, 4.69) is 34.6 Å². The molecule has 2 saturated carbocycles. The molecule has 4 nitrogen and oxygen atoms in total. The molecule has 0 bridgehead atoms. The fourth-order valence-electron chi connectivity index (χ4n) is 9.31. The van der Waals surface area contributed by atoms with Crippen LogP contribution >= 0.6 is 0 Å². The van der Waals surface area contributed by atoms with Gasteiger partial charge in [0.2, 0.25) is 0 Å². The van der Waals surface area contributed by atoms with E-state index in [0.29, 0.717) is 36.0 Å². The number of ketones is 1. The molecule has 34 heavy (non-hydrogen) atoms. The number of hydrogen-bond donors (Lipinski definition) is 2. The van der Waals surface area contributed by atoms with Crippen LogP contribution in [0.25, 0.3) is 0 Å². The summed E-state index contributed by atoms with van der Waals surface area (Å²) in [5.41, 5.74) is 4.01. The van der Waals surface area contributed by atoms with Gasteiger partial charge in [-0.15, -0.1) is 0 Å². The summed E-state index contributed by atoms with van der Waals surface area (Å²) < 4.78 is 0. The van der Waals surface area contributed by atoms with Gasteiger partial charge in [-0.05, 0) is 98.7 Å². The molecule has 4 heteroatoms. The van der Waals surface area contributed by atoms with E-state index in [4.69, 9.17) is 5.11 Å². The average Bonchev–Trinajstić information content (AvgIpc) is 3.05. The summed E-state index contributed by atoms with van der Waals surface area (Å²) in [4.78, 5) is 24.0. The van der Waals surface area contributed by atoms with Crippen LogP contribution in [0.1, 0.15) is 106 Å². The molecule has 2 N–H and O–H groups in total. The number of carboxylic acid groups (broad SMARTS) is 1. The number of carbonyl (C=O) groups excluding carboxylic acids is 1. The van der Waals surface area contributed by atoms with Gasteiger partial charge in [0.15, 0.2) is 0 Å². The Balaban J connectivity index is 1.63. The lowest BCUT2D eigenvalue weighted by Gasteiger charge is -2.61. The number of rotatable bonds is 6. The monoisotopic (exact) mass is 470 g/mol. The minimum atomic E-state index is -0.857. The Morgan fingerprint density at radius 3 is 2.38 bits per heavy atom. The van der Waals surface area contributed by atoms with Crippen LogP contribution in [0.4, 0.5) is 0 Å². The van der Waals surface area contributed by atoms with Gasteiger partial charge in [-0.3, -0.25) is 4.79 Å². The van der Waals surface area contributed by atoms with Crippen LogP contribution in [0, 0.1) is 39.4 Å². The largest absolute Gasteiger partial charge is 0.478 e. The molecule has 0 aliphatic heterocycles. The molecule has 2 fully saturated rings. The first-order chi connectivity index (χ1) is 15.8. The first-order valence-electron chi connectivity index (χ1n) is 13.6. The van der Waals surface area contributed by atoms with Crippen LogP contribution in [0.2, 0.25) is 0 Å². The Kier molecular flexibility index (Phi) is 6.50. The predicted octanol–water partition coefficient (Wildman–Crippen LogP) is 6.72. The molecule has 4 aliphatic rings. The van der Waals surface area contributed by atoms with Gasteiger partial charge in [0, 0.05) is 24.0 Å². The van der Waals surface area contributed by atoms with Crippen molar-refractivity contribution in [1.29, 1.82) is 0 Å². The van der Waals surface area contributed by atoms with Crippen molar-refractivity contribution in [2.24, 2.45) is 39.4 Å². The normalized spacial score (nSPS) is 40.4. The van der Waals surface area contributed by atoms with Gasteiger partial charge in [0.25, 0.3) is 0 Å². The number of hydrogen-bond acceptors (Lipinski definition) is 3. The number of carboxylic acids is 1. The summed E-state index contributed by atoms with van der Waals surface area (Å²) in [5.74, 6) is 0.712. The van der Waals surface area contributed by atoms with E-state index in [9.17, 15) is 14.7 Å². The minimum Gasteiger partial charge on any atom is -0.478 e. The molecule has 0 aromatic rings. The molecular formula is C30H46O4. The van der Waals surface area contributed by atoms with Gasteiger partial charge in [-0.1, -0.05) is 51.8 Å². The molecule has 0 unspecified atom stereocenters. The maximum absolute atomic E-state index is 12.8. The summed E-state index contributed by atoms with van der Waals surface area (Å²) >= 11 is 0. The fraction of sp³-hybridized carbons (Fsp3) is 0.800. The number of carbonyl (C=O) groups is 2. The van der Waals surface area contributed by atoms with Gasteiger partial charge in [0.05, 0.1) is 0 Å². The van der Waals surface area contributed by atoms with Crippen molar-refractivity contribution >= 4 is 11.8 Å². The summed E-state index contributed by atoms with van der Waals surface area (Å²) in [6.07, 6.45) is 11.9. The van der Waals surface area contributed by atoms with E-state index in [1.807, 2.05) is 6.08 Å². The van der Waals surface area contributed by atoms with Gasteiger partial charge in [-0.2, -0.15) is 0 Å². The Labute approximate surface area is 206 Å². The Hall–Kier alpha value is -1.42. The third kappa shape index (κ3) is 3.57. The van der Waals surface area contributed by atoms with Crippen LogP contribution in [-0.4, -0.2) is 28.6 Å². The molecule has 0 radical (unpaired) electrons. The van der Waals surface area contributed by atoms with Gasteiger partial charge in [-0.25, -0.2) is 4.79 Å². The zero-order chi connectivity index (χ0) is 25.1. The molecule has 0 aromatic carbocycles. The van der Waals surface area contributed by atoms with Crippen molar-refractivity contribution in [3.05, 3.63) is 22.8 Å². The van der Waals surface area contributed by atoms with Gasteiger partial charge < -0.3 is 10.2 Å². The smallest absolute Gasteiger partial charge is 0.330 e. The van der Waals surface area contributed by atoms with Crippen molar-refractivity contribution in [3.8, 4) is 0 Å². The number of Topliss-reactive ketones (excluding diaryl/α,β-unsaturated/α-hetero) is 1. The number of aliphatic hydroxyl groups excluding tert-OH is 1. The first kappa shape index (κ1) is 25.7. The highest BCUT2D eigenvalue weighted by atomic mass is 16.4. The van der Waals surface area contributed by atoms with E-state index < -0.39 is 5.97 Å². The second-order valence-corrected chi connectivity index (χ2v) is 13.2. The van der Waals surface area contributed by atoms with Crippen molar-refractivity contribution < 1.29 is 19.8 Å². The van der Waals surface area contributed by atoms with Gasteiger partial charge in [0.1, 0.15) is 5.78 Å². The zero-order valence-corrected chi connectivity index (χ0v) is 22.3. The lowest BCUT2D eigenvalue weighted by Crippen LogP contribution is -2.54. The minimum absolute atomic E-state index is 0.142. The molecular weight excluding hydrogens is 424 g/mol. The predicted molar refractivity (Wildman–Crippen MR) is 135 cm³/mol. The van der Waals surface area contributed by atoms with E-state index in [1.165, 1.54) is 6.42 Å². The molecule has 190 valence electrons. The third-order valence-corrected chi connectivity index (χ3v) is 11.7. The van der Waals surface area contributed by atoms with Crippen molar-refractivity contribution in [2.45, 2.75) is 106 Å².